The standard InChI is InChI=1S/C14H19N5O/c1-3-16-14(20)11-5-4-10(15)8-12(11)18-9-13-17-6-7-19(13)2/h4-8,18H,3,9,15H2,1-2H3,(H,16,20). The van der Waals surface area contributed by atoms with Crippen molar-refractivity contribution in [2.45, 2.75) is 13.5 Å². The van der Waals surface area contributed by atoms with Gasteiger partial charge in [-0.25, -0.2) is 4.98 Å². The lowest BCUT2D eigenvalue weighted by molar-refractivity contribution is 0.0956. The van der Waals surface area contributed by atoms with Crippen LogP contribution in [0.1, 0.15) is 23.1 Å². The number of amides is 1. The van der Waals surface area contributed by atoms with Crippen molar-refractivity contribution in [1.82, 2.24) is 14.9 Å². The number of rotatable bonds is 5. The number of aromatic nitrogens is 2. The molecular weight excluding hydrogens is 254 g/mol. The van der Waals surface area contributed by atoms with Gasteiger partial charge in [-0.3, -0.25) is 4.79 Å². The van der Waals surface area contributed by atoms with Gasteiger partial charge in [0, 0.05) is 37.4 Å². The largest absolute Gasteiger partial charge is 0.399 e. The number of hydrogen-bond acceptors (Lipinski definition) is 4. The van der Waals surface area contributed by atoms with E-state index in [2.05, 4.69) is 15.6 Å². The highest BCUT2D eigenvalue weighted by molar-refractivity contribution is 6.00. The van der Waals surface area contributed by atoms with Crippen molar-refractivity contribution in [2.75, 3.05) is 17.6 Å². The number of carbonyl (C=O) groups is 1. The molecule has 2 aromatic rings. The van der Waals surface area contributed by atoms with Gasteiger partial charge in [0.1, 0.15) is 5.82 Å². The summed E-state index contributed by atoms with van der Waals surface area (Å²) in [5.74, 6) is 0.768. The summed E-state index contributed by atoms with van der Waals surface area (Å²) in [5, 5.41) is 6.00. The van der Waals surface area contributed by atoms with Crippen LogP contribution in [-0.4, -0.2) is 22.0 Å². The van der Waals surface area contributed by atoms with Crippen LogP contribution in [0, 0.1) is 0 Å². The zero-order valence-corrected chi connectivity index (χ0v) is 11.7. The Morgan fingerprint density at radius 2 is 2.25 bits per heavy atom. The van der Waals surface area contributed by atoms with Crippen molar-refractivity contribution >= 4 is 17.3 Å². The predicted octanol–water partition coefficient (Wildman–Crippen LogP) is 1.36. The summed E-state index contributed by atoms with van der Waals surface area (Å²) in [7, 11) is 1.92. The Morgan fingerprint density at radius 3 is 2.90 bits per heavy atom. The molecule has 20 heavy (non-hydrogen) atoms. The second kappa shape index (κ2) is 6.10. The molecule has 2 rings (SSSR count). The van der Waals surface area contributed by atoms with Crippen molar-refractivity contribution in [3.63, 3.8) is 0 Å². The number of carbonyl (C=O) groups excluding carboxylic acids is 1. The van der Waals surface area contributed by atoms with Gasteiger partial charge in [-0.1, -0.05) is 0 Å². The van der Waals surface area contributed by atoms with Gasteiger partial charge in [-0.05, 0) is 25.1 Å². The topological polar surface area (TPSA) is 85.0 Å². The van der Waals surface area contributed by atoms with Crippen molar-refractivity contribution in [1.29, 1.82) is 0 Å². The number of nitrogens with zero attached hydrogens (tertiary/aromatic N) is 2. The van der Waals surface area contributed by atoms with E-state index in [4.69, 9.17) is 5.73 Å². The van der Waals surface area contributed by atoms with Crippen molar-refractivity contribution in [3.05, 3.63) is 42.0 Å². The summed E-state index contributed by atoms with van der Waals surface area (Å²) < 4.78 is 1.92. The Balaban J connectivity index is 2.19. The highest BCUT2D eigenvalue weighted by atomic mass is 16.1. The maximum absolute atomic E-state index is 12.0. The van der Waals surface area contributed by atoms with E-state index in [0.717, 1.165) is 5.82 Å². The number of hydrogen-bond donors (Lipinski definition) is 3. The Kier molecular flexibility index (Phi) is 4.24. The second-order valence-electron chi connectivity index (χ2n) is 4.47. The summed E-state index contributed by atoms with van der Waals surface area (Å²) in [6, 6.07) is 5.20. The zero-order valence-electron chi connectivity index (χ0n) is 11.7. The first-order chi connectivity index (χ1) is 9.61. The van der Waals surface area contributed by atoms with E-state index in [-0.39, 0.29) is 5.91 Å². The van der Waals surface area contributed by atoms with Crippen molar-refractivity contribution in [2.24, 2.45) is 7.05 Å². The Bertz CT molecular complexity index is 605. The third-order valence-electron chi connectivity index (χ3n) is 2.98. The number of benzene rings is 1. The van der Waals surface area contributed by atoms with Crippen LogP contribution in [0.25, 0.3) is 0 Å². The van der Waals surface area contributed by atoms with Crippen LogP contribution in [0.2, 0.25) is 0 Å². The fraction of sp³-hybridized carbons (Fsp3) is 0.286. The highest BCUT2D eigenvalue weighted by Crippen LogP contribution is 2.20. The maximum Gasteiger partial charge on any atom is 0.253 e. The van der Waals surface area contributed by atoms with Gasteiger partial charge in [0.15, 0.2) is 0 Å². The van der Waals surface area contributed by atoms with Crippen LogP contribution < -0.4 is 16.4 Å². The minimum Gasteiger partial charge on any atom is -0.399 e. The van der Waals surface area contributed by atoms with E-state index in [1.165, 1.54) is 0 Å². The van der Waals surface area contributed by atoms with E-state index in [1.54, 1.807) is 24.4 Å². The van der Waals surface area contributed by atoms with Gasteiger partial charge in [-0.15, -0.1) is 0 Å². The average Bonchev–Trinajstić information content (AvgIpc) is 2.82. The molecule has 0 bridgehead atoms. The van der Waals surface area contributed by atoms with Gasteiger partial charge in [-0.2, -0.15) is 0 Å². The van der Waals surface area contributed by atoms with Crippen LogP contribution in [0.15, 0.2) is 30.6 Å². The van der Waals surface area contributed by atoms with E-state index in [0.29, 0.717) is 30.0 Å². The molecule has 1 aromatic heterocycles. The molecule has 6 heteroatoms. The first-order valence-corrected chi connectivity index (χ1v) is 6.49. The monoisotopic (exact) mass is 273 g/mol. The third-order valence-corrected chi connectivity index (χ3v) is 2.98. The summed E-state index contributed by atoms with van der Waals surface area (Å²) in [4.78, 5) is 16.2. The first-order valence-electron chi connectivity index (χ1n) is 6.49. The van der Waals surface area contributed by atoms with Crippen molar-refractivity contribution in [3.8, 4) is 0 Å². The molecule has 0 aliphatic rings. The molecule has 4 N–H and O–H groups in total. The molecule has 0 fully saturated rings. The minimum absolute atomic E-state index is 0.116. The molecule has 0 saturated carbocycles. The summed E-state index contributed by atoms with van der Waals surface area (Å²) in [6.45, 7) is 3.00. The SMILES string of the molecule is CCNC(=O)c1ccc(N)cc1NCc1nccn1C. The van der Waals surface area contributed by atoms with E-state index in [1.807, 2.05) is 24.7 Å². The van der Waals surface area contributed by atoms with E-state index < -0.39 is 0 Å². The summed E-state index contributed by atoms with van der Waals surface area (Å²) >= 11 is 0. The van der Waals surface area contributed by atoms with Crippen LogP contribution >= 0.6 is 0 Å². The van der Waals surface area contributed by atoms with Gasteiger partial charge in [0.2, 0.25) is 0 Å². The highest BCUT2D eigenvalue weighted by Gasteiger charge is 2.11. The lowest BCUT2D eigenvalue weighted by Gasteiger charge is -2.12. The summed E-state index contributed by atoms with van der Waals surface area (Å²) in [5.41, 5.74) is 7.69. The van der Waals surface area contributed by atoms with Gasteiger partial charge >= 0.3 is 0 Å². The number of nitrogen functional groups attached to an aromatic ring is 1. The summed E-state index contributed by atoms with van der Waals surface area (Å²) in [6.07, 6.45) is 3.61. The van der Waals surface area contributed by atoms with Crippen LogP contribution in [-0.2, 0) is 13.6 Å². The number of aryl methyl sites for hydroxylation is 1. The minimum atomic E-state index is -0.116. The Hall–Kier alpha value is -2.50. The fourth-order valence-corrected chi connectivity index (χ4v) is 1.90. The smallest absolute Gasteiger partial charge is 0.253 e. The molecule has 0 radical (unpaired) electrons. The average molecular weight is 273 g/mol. The molecule has 1 aromatic carbocycles. The normalized spacial score (nSPS) is 10.3. The van der Waals surface area contributed by atoms with Crippen LogP contribution in [0.3, 0.4) is 0 Å². The lowest BCUT2D eigenvalue weighted by Crippen LogP contribution is -2.24. The molecule has 0 atom stereocenters. The molecule has 0 saturated heterocycles. The van der Waals surface area contributed by atoms with Gasteiger partial charge < -0.3 is 20.9 Å². The number of nitrogens with two attached hydrogens (primary N) is 1. The Labute approximate surface area is 118 Å². The van der Waals surface area contributed by atoms with E-state index in [9.17, 15) is 4.79 Å². The zero-order chi connectivity index (χ0) is 14.5. The molecule has 106 valence electrons. The third kappa shape index (κ3) is 3.09. The molecule has 1 amide bonds. The molecule has 0 unspecified atom stereocenters. The van der Waals surface area contributed by atoms with E-state index >= 15 is 0 Å². The molecule has 1 heterocycles. The second-order valence-corrected chi connectivity index (χ2v) is 4.47. The quantitative estimate of drug-likeness (QED) is 0.718. The fourth-order valence-electron chi connectivity index (χ4n) is 1.90. The predicted molar refractivity (Wildman–Crippen MR) is 79.4 cm³/mol. The van der Waals surface area contributed by atoms with Crippen LogP contribution in [0.5, 0.6) is 0 Å². The molecule has 0 spiro atoms. The number of nitrogens with one attached hydrogen (secondary N) is 2. The Morgan fingerprint density at radius 1 is 1.45 bits per heavy atom. The number of imidazole rings is 1. The van der Waals surface area contributed by atoms with Crippen molar-refractivity contribution < 1.29 is 4.79 Å². The first kappa shape index (κ1) is 13.9. The molecule has 0 aliphatic carbocycles. The maximum atomic E-state index is 12.0. The molecule has 6 nitrogen and oxygen atoms in total. The van der Waals surface area contributed by atoms with Gasteiger partial charge in [0.25, 0.3) is 5.91 Å². The number of anilines is 2. The van der Waals surface area contributed by atoms with Crippen LogP contribution in [0.4, 0.5) is 11.4 Å². The van der Waals surface area contributed by atoms with Gasteiger partial charge in [0.05, 0.1) is 12.1 Å². The molecular formula is C14H19N5O. The lowest BCUT2D eigenvalue weighted by atomic mass is 10.1. The molecule has 0 aliphatic heterocycles.